The lowest BCUT2D eigenvalue weighted by molar-refractivity contribution is 0.112. The van der Waals surface area contributed by atoms with Crippen molar-refractivity contribution in [2.75, 3.05) is 5.73 Å². The molecule has 1 aromatic carbocycles. The van der Waals surface area contributed by atoms with Crippen LogP contribution >= 0.6 is 0 Å². The molecular formula is C13H17F2N. The third-order valence-corrected chi connectivity index (χ3v) is 3.07. The number of rotatable bonds is 1. The lowest BCUT2D eigenvalue weighted by Gasteiger charge is -2.20. The van der Waals surface area contributed by atoms with Crippen LogP contribution in [0.25, 0.3) is 0 Å². The molecule has 1 saturated carbocycles. The van der Waals surface area contributed by atoms with Gasteiger partial charge in [-0.1, -0.05) is 26.8 Å². The van der Waals surface area contributed by atoms with Crippen LogP contribution in [-0.4, -0.2) is 5.92 Å². The number of halogens is 2. The average Bonchev–Trinajstić information content (AvgIpc) is 2.72. The van der Waals surface area contributed by atoms with Crippen molar-refractivity contribution in [3.8, 4) is 0 Å². The van der Waals surface area contributed by atoms with Crippen LogP contribution in [0.5, 0.6) is 0 Å². The van der Waals surface area contributed by atoms with Gasteiger partial charge >= 0.3 is 0 Å². The Bertz CT molecular complexity index is 418. The van der Waals surface area contributed by atoms with Crippen LogP contribution in [-0.2, 0) is 5.41 Å². The molecule has 1 nitrogen and oxygen atoms in total. The monoisotopic (exact) mass is 225 g/mol. The van der Waals surface area contributed by atoms with E-state index in [-0.39, 0.29) is 11.8 Å². The minimum Gasteiger partial charge on any atom is -0.399 e. The number of hydrogen-bond acceptors (Lipinski definition) is 1. The first kappa shape index (κ1) is 11.4. The second-order valence-corrected chi connectivity index (χ2v) is 5.66. The summed E-state index contributed by atoms with van der Waals surface area (Å²) in [5.41, 5.74) is 7.97. The van der Waals surface area contributed by atoms with Gasteiger partial charge in [0.15, 0.2) is 0 Å². The molecule has 1 unspecified atom stereocenters. The topological polar surface area (TPSA) is 26.0 Å². The lowest BCUT2D eigenvalue weighted by atomic mass is 9.85. The van der Waals surface area contributed by atoms with Crippen LogP contribution in [0, 0.1) is 0 Å². The maximum Gasteiger partial charge on any atom is 0.255 e. The highest BCUT2D eigenvalue weighted by Gasteiger charge is 2.57. The minimum absolute atomic E-state index is 0.0416. The molecule has 0 spiro atoms. The van der Waals surface area contributed by atoms with Gasteiger partial charge in [0.05, 0.1) is 5.92 Å². The first-order valence-electron chi connectivity index (χ1n) is 5.49. The van der Waals surface area contributed by atoms with E-state index in [0.717, 1.165) is 5.56 Å². The van der Waals surface area contributed by atoms with Gasteiger partial charge in [-0.15, -0.1) is 0 Å². The van der Waals surface area contributed by atoms with E-state index in [1.807, 2.05) is 12.1 Å². The van der Waals surface area contributed by atoms with E-state index in [4.69, 9.17) is 5.73 Å². The van der Waals surface area contributed by atoms with Gasteiger partial charge in [-0.25, -0.2) is 8.78 Å². The van der Waals surface area contributed by atoms with Crippen LogP contribution in [0.4, 0.5) is 14.5 Å². The molecule has 1 aliphatic carbocycles. The number of alkyl halides is 2. The summed E-state index contributed by atoms with van der Waals surface area (Å²) in [6, 6.07) is 5.40. The molecule has 1 fully saturated rings. The first-order chi connectivity index (χ1) is 7.20. The molecule has 16 heavy (non-hydrogen) atoms. The van der Waals surface area contributed by atoms with E-state index in [0.29, 0.717) is 11.3 Å². The maximum atomic E-state index is 13.0. The zero-order chi connectivity index (χ0) is 12.1. The summed E-state index contributed by atoms with van der Waals surface area (Å²) < 4.78 is 26.0. The van der Waals surface area contributed by atoms with Crippen molar-refractivity contribution in [2.45, 2.75) is 44.4 Å². The van der Waals surface area contributed by atoms with E-state index >= 15 is 0 Å². The van der Waals surface area contributed by atoms with Gasteiger partial charge in [-0.2, -0.15) is 0 Å². The van der Waals surface area contributed by atoms with Crippen molar-refractivity contribution in [3.05, 3.63) is 29.3 Å². The highest BCUT2D eigenvalue weighted by molar-refractivity contribution is 5.49. The lowest BCUT2D eigenvalue weighted by Crippen LogP contribution is -2.12. The van der Waals surface area contributed by atoms with Crippen molar-refractivity contribution in [1.29, 1.82) is 0 Å². The summed E-state index contributed by atoms with van der Waals surface area (Å²) in [5.74, 6) is -3.15. The smallest absolute Gasteiger partial charge is 0.255 e. The van der Waals surface area contributed by atoms with Crippen molar-refractivity contribution >= 4 is 5.69 Å². The summed E-state index contributed by atoms with van der Waals surface area (Å²) in [6.07, 6.45) is -0.0416. The molecule has 3 heteroatoms. The standard InChI is InChI=1S/C13H17F2N/c1-12(2,3)9-4-8(5-10(16)6-9)11-7-13(11,14)15/h4-6,11H,7,16H2,1-3H3. The summed E-state index contributed by atoms with van der Waals surface area (Å²) in [4.78, 5) is 0. The summed E-state index contributed by atoms with van der Waals surface area (Å²) >= 11 is 0. The second kappa shape index (κ2) is 3.19. The van der Waals surface area contributed by atoms with Crippen LogP contribution in [0.2, 0.25) is 0 Å². The number of nitrogen functional groups attached to an aromatic ring is 1. The molecule has 88 valence electrons. The Hall–Kier alpha value is -1.12. The second-order valence-electron chi connectivity index (χ2n) is 5.66. The zero-order valence-electron chi connectivity index (χ0n) is 9.85. The SMILES string of the molecule is CC(C)(C)c1cc(N)cc(C2CC2(F)F)c1. The Morgan fingerprint density at radius 3 is 2.25 bits per heavy atom. The predicted octanol–water partition coefficient (Wildman–Crippen LogP) is 3.69. The third kappa shape index (κ3) is 2.04. The van der Waals surface area contributed by atoms with E-state index in [9.17, 15) is 8.78 Å². The Labute approximate surface area is 94.7 Å². The number of hydrogen-bond donors (Lipinski definition) is 1. The van der Waals surface area contributed by atoms with Gasteiger partial charge in [0.25, 0.3) is 5.92 Å². The van der Waals surface area contributed by atoms with Gasteiger partial charge in [0.1, 0.15) is 0 Å². The molecule has 0 saturated heterocycles. The molecule has 0 heterocycles. The van der Waals surface area contributed by atoms with E-state index in [1.165, 1.54) is 0 Å². The Morgan fingerprint density at radius 1 is 1.25 bits per heavy atom. The van der Waals surface area contributed by atoms with Crippen LogP contribution < -0.4 is 5.73 Å². The molecule has 0 bridgehead atoms. The Balaban J connectivity index is 2.38. The van der Waals surface area contributed by atoms with E-state index in [1.54, 1.807) is 6.07 Å². The van der Waals surface area contributed by atoms with E-state index < -0.39 is 11.8 Å². The molecule has 0 amide bonds. The minimum atomic E-state index is -2.52. The predicted molar refractivity (Wildman–Crippen MR) is 61.9 cm³/mol. The molecule has 1 aromatic rings. The normalized spacial score (nSPS) is 23.2. The Kier molecular flexibility index (Phi) is 2.26. The highest BCUT2D eigenvalue weighted by atomic mass is 19.3. The van der Waals surface area contributed by atoms with Crippen LogP contribution in [0.1, 0.15) is 44.2 Å². The third-order valence-electron chi connectivity index (χ3n) is 3.07. The first-order valence-corrected chi connectivity index (χ1v) is 5.49. The summed E-state index contributed by atoms with van der Waals surface area (Å²) in [6.45, 7) is 6.16. The van der Waals surface area contributed by atoms with Gasteiger partial charge < -0.3 is 5.73 Å². The molecule has 0 aromatic heterocycles. The van der Waals surface area contributed by atoms with E-state index in [2.05, 4.69) is 20.8 Å². The quantitative estimate of drug-likeness (QED) is 0.725. The fraction of sp³-hybridized carbons (Fsp3) is 0.538. The van der Waals surface area contributed by atoms with Crippen LogP contribution in [0.3, 0.4) is 0 Å². The molecule has 1 aliphatic rings. The van der Waals surface area contributed by atoms with Gasteiger partial charge in [0.2, 0.25) is 0 Å². The van der Waals surface area contributed by atoms with Gasteiger partial charge in [-0.3, -0.25) is 0 Å². The zero-order valence-corrected chi connectivity index (χ0v) is 9.85. The van der Waals surface area contributed by atoms with Crippen molar-refractivity contribution in [2.24, 2.45) is 0 Å². The van der Waals surface area contributed by atoms with Crippen molar-refractivity contribution in [3.63, 3.8) is 0 Å². The van der Waals surface area contributed by atoms with Crippen LogP contribution in [0.15, 0.2) is 18.2 Å². The molecule has 0 aliphatic heterocycles. The number of nitrogens with two attached hydrogens (primary N) is 1. The highest BCUT2D eigenvalue weighted by Crippen LogP contribution is 2.56. The molecule has 2 N–H and O–H groups in total. The number of benzene rings is 1. The van der Waals surface area contributed by atoms with Gasteiger partial charge in [-0.05, 0) is 28.7 Å². The molecule has 2 rings (SSSR count). The fourth-order valence-corrected chi connectivity index (χ4v) is 1.89. The maximum absolute atomic E-state index is 13.0. The average molecular weight is 225 g/mol. The Morgan fingerprint density at radius 2 is 1.81 bits per heavy atom. The van der Waals surface area contributed by atoms with Crippen molar-refractivity contribution in [1.82, 2.24) is 0 Å². The molecular weight excluding hydrogens is 208 g/mol. The number of anilines is 1. The largest absolute Gasteiger partial charge is 0.399 e. The fourth-order valence-electron chi connectivity index (χ4n) is 1.89. The van der Waals surface area contributed by atoms with Crippen molar-refractivity contribution < 1.29 is 8.78 Å². The van der Waals surface area contributed by atoms with Gasteiger partial charge in [0, 0.05) is 12.1 Å². The molecule has 0 radical (unpaired) electrons. The molecule has 1 atom stereocenters. The summed E-state index contributed by atoms with van der Waals surface area (Å²) in [7, 11) is 0. The summed E-state index contributed by atoms with van der Waals surface area (Å²) in [5, 5.41) is 0.